The number of phenolic OH excluding ortho intramolecular Hbond substituents is 1. The van der Waals surface area contributed by atoms with E-state index < -0.39 is 18.3 Å². The van der Waals surface area contributed by atoms with Gasteiger partial charge in [-0.3, -0.25) is 5.41 Å². The van der Waals surface area contributed by atoms with Crippen molar-refractivity contribution in [2.45, 2.75) is 38.9 Å². The minimum Gasteiger partial charge on any atom is -0.508 e. The van der Waals surface area contributed by atoms with Crippen LogP contribution >= 0.6 is 0 Å². The monoisotopic (exact) mass is 262 g/mol. The number of rotatable bonds is 2. The van der Waals surface area contributed by atoms with Gasteiger partial charge in [-0.1, -0.05) is 12.1 Å². The number of para-hydroxylation sites is 1. The maximum absolute atomic E-state index is 10.2. The van der Waals surface area contributed by atoms with Gasteiger partial charge in [0.1, 0.15) is 11.6 Å². The van der Waals surface area contributed by atoms with Crippen LogP contribution in [0.3, 0.4) is 0 Å². The standard InChI is InChI=1S/C13H19BN2O3/c1-12(2)13(3,4)19-14(18-12)9-7-5-6-8(10(9)17)11(15)16/h5-7,17H,1-4H3,(H3,15,16). The second-order valence-electron chi connectivity index (χ2n) is 5.75. The molecule has 0 aliphatic carbocycles. The normalized spacial score (nSPS) is 20.5. The van der Waals surface area contributed by atoms with Gasteiger partial charge in [0.25, 0.3) is 0 Å². The number of nitrogen functional groups attached to an aromatic ring is 1. The summed E-state index contributed by atoms with van der Waals surface area (Å²) >= 11 is 0. The third kappa shape index (κ3) is 2.22. The van der Waals surface area contributed by atoms with Gasteiger partial charge in [0.05, 0.1) is 16.8 Å². The van der Waals surface area contributed by atoms with Crippen molar-refractivity contribution in [3.8, 4) is 5.75 Å². The zero-order chi connectivity index (χ0) is 14.4. The highest BCUT2D eigenvalue weighted by Gasteiger charge is 2.52. The molecule has 1 aromatic rings. The highest BCUT2D eigenvalue weighted by Crippen LogP contribution is 2.37. The van der Waals surface area contributed by atoms with Gasteiger partial charge in [0.15, 0.2) is 0 Å². The predicted molar refractivity (Wildman–Crippen MR) is 74.8 cm³/mol. The fraction of sp³-hybridized carbons (Fsp3) is 0.462. The van der Waals surface area contributed by atoms with E-state index in [0.717, 1.165) is 0 Å². The molecule has 1 aliphatic heterocycles. The Labute approximate surface area is 113 Å². The Balaban J connectivity index is 2.40. The molecule has 0 spiro atoms. The Morgan fingerprint density at radius 1 is 1.21 bits per heavy atom. The number of hydrogen-bond donors (Lipinski definition) is 3. The SMILES string of the molecule is CC1(C)OB(c2cccc(C(=N)N)c2O)OC1(C)C. The molecule has 0 radical (unpaired) electrons. The zero-order valence-corrected chi connectivity index (χ0v) is 11.7. The summed E-state index contributed by atoms with van der Waals surface area (Å²) in [5.41, 5.74) is 5.26. The van der Waals surface area contributed by atoms with E-state index in [1.54, 1.807) is 18.2 Å². The van der Waals surface area contributed by atoms with Gasteiger partial charge in [0, 0.05) is 5.46 Å². The van der Waals surface area contributed by atoms with Crippen LogP contribution in [-0.2, 0) is 9.31 Å². The quantitative estimate of drug-likeness (QED) is 0.421. The van der Waals surface area contributed by atoms with Crippen LogP contribution < -0.4 is 11.2 Å². The molecule has 0 amide bonds. The maximum Gasteiger partial charge on any atom is 0.498 e. The average Bonchev–Trinajstić information content (AvgIpc) is 2.47. The minimum atomic E-state index is -0.663. The van der Waals surface area contributed by atoms with Gasteiger partial charge in [-0.05, 0) is 33.8 Å². The highest BCUT2D eigenvalue weighted by molar-refractivity contribution is 6.63. The molecule has 1 fully saturated rings. The highest BCUT2D eigenvalue weighted by atomic mass is 16.7. The molecule has 1 aromatic carbocycles. The summed E-state index contributed by atoms with van der Waals surface area (Å²) in [4.78, 5) is 0. The first-order chi connectivity index (χ1) is 8.66. The van der Waals surface area contributed by atoms with Crippen LogP contribution in [0.2, 0.25) is 0 Å². The van der Waals surface area contributed by atoms with Gasteiger partial charge in [0.2, 0.25) is 0 Å². The molecule has 4 N–H and O–H groups in total. The largest absolute Gasteiger partial charge is 0.508 e. The third-order valence-electron chi connectivity index (χ3n) is 3.86. The maximum atomic E-state index is 10.2. The molecule has 0 aromatic heterocycles. The van der Waals surface area contributed by atoms with Gasteiger partial charge in [-0.15, -0.1) is 0 Å². The molecule has 102 valence electrons. The minimum absolute atomic E-state index is 0.0616. The summed E-state index contributed by atoms with van der Waals surface area (Å²) in [6.07, 6.45) is 0. The summed E-state index contributed by atoms with van der Waals surface area (Å²) < 4.78 is 11.7. The first-order valence-corrected chi connectivity index (χ1v) is 6.17. The Kier molecular flexibility index (Phi) is 3.11. The van der Waals surface area contributed by atoms with Crippen molar-refractivity contribution in [3.63, 3.8) is 0 Å². The second-order valence-corrected chi connectivity index (χ2v) is 5.75. The molecule has 5 nitrogen and oxygen atoms in total. The molecule has 1 saturated heterocycles. The summed E-state index contributed by atoms with van der Waals surface area (Å²) in [5, 5.41) is 17.6. The van der Waals surface area contributed by atoms with E-state index in [1.165, 1.54) is 0 Å². The number of benzene rings is 1. The topological polar surface area (TPSA) is 88.6 Å². The van der Waals surface area contributed by atoms with Crippen molar-refractivity contribution < 1.29 is 14.4 Å². The number of nitrogens with two attached hydrogens (primary N) is 1. The average molecular weight is 262 g/mol. The first-order valence-electron chi connectivity index (χ1n) is 6.17. The Bertz CT molecular complexity index is 513. The summed E-state index contributed by atoms with van der Waals surface area (Å²) in [7, 11) is -0.663. The fourth-order valence-corrected chi connectivity index (χ4v) is 1.94. The molecule has 2 rings (SSSR count). The molecular formula is C13H19BN2O3. The molecule has 0 atom stereocenters. The van der Waals surface area contributed by atoms with Crippen LogP contribution in [0.4, 0.5) is 0 Å². The van der Waals surface area contributed by atoms with Crippen LogP contribution in [-0.4, -0.2) is 29.3 Å². The lowest BCUT2D eigenvalue weighted by Crippen LogP contribution is -2.41. The van der Waals surface area contributed by atoms with E-state index in [0.29, 0.717) is 5.46 Å². The molecule has 1 heterocycles. The molecule has 0 bridgehead atoms. The van der Waals surface area contributed by atoms with Crippen molar-refractivity contribution in [1.29, 1.82) is 5.41 Å². The number of nitrogens with one attached hydrogen (secondary N) is 1. The van der Waals surface area contributed by atoms with Crippen LogP contribution in [0.25, 0.3) is 0 Å². The van der Waals surface area contributed by atoms with E-state index in [4.69, 9.17) is 20.5 Å². The van der Waals surface area contributed by atoms with Crippen molar-refractivity contribution >= 4 is 18.4 Å². The second kappa shape index (κ2) is 4.25. The van der Waals surface area contributed by atoms with Crippen LogP contribution in [0, 0.1) is 5.41 Å². The van der Waals surface area contributed by atoms with E-state index in [9.17, 15) is 5.11 Å². The van der Waals surface area contributed by atoms with Crippen LogP contribution in [0.15, 0.2) is 18.2 Å². The van der Waals surface area contributed by atoms with Gasteiger partial charge >= 0.3 is 7.12 Å². The van der Waals surface area contributed by atoms with Gasteiger partial charge < -0.3 is 20.1 Å². The lowest BCUT2D eigenvalue weighted by Gasteiger charge is -2.32. The third-order valence-corrected chi connectivity index (χ3v) is 3.86. The van der Waals surface area contributed by atoms with Crippen LogP contribution in [0.1, 0.15) is 33.3 Å². The fourth-order valence-electron chi connectivity index (χ4n) is 1.94. The van der Waals surface area contributed by atoms with Gasteiger partial charge in [-0.25, -0.2) is 0 Å². The molecule has 0 saturated carbocycles. The Morgan fingerprint density at radius 2 is 1.74 bits per heavy atom. The van der Waals surface area contributed by atoms with Crippen molar-refractivity contribution in [3.05, 3.63) is 23.8 Å². The Hall–Kier alpha value is -1.53. The summed E-state index contributed by atoms with van der Waals surface area (Å²) in [5.74, 6) is -0.246. The Morgan fingerprint density at radius 3 is 2.21 bits per heavy atom. The van der Waals surface area contributed by atoms with Crippen molar-refractivity contribution in [1.82, 2.24) is 0 Å². The van der Waals surface area contributed by atoms with Crippen molar-refractivity contribution in [2.75, 3.05) is 0 Å². The van der Waals surface area contributed by atoms with E-state index in [2.05, 4.69) is 0 Å². The zero-order valence-electron chi connectivity index (χ0n) is 11.7. The molecular weight excluding hydrogens is 243 g/mol. The van der Waals surface area contributed by atoms with Gasteiger partial charge in [-0.2, -0.15) is 0 Å². The predicted octanol–water partition coefficient (Wildman–Crippen LogP) is 0.975. The molecule has 19 heavy (non-hydrogen) atoms. The number of phenols is 1. The smallest absolute Gasteiger partial charge is 0.498 e. The summed E-state index contributed by atoms with van der Waals surface area (Å²) in [6, 6.07) is 5.02. The number of aromatic hydroxyl groups is 1. The molecule has 6 heteroatoms. The van der Waals surface area contributed by atoms with Crippen LogP contribution in [0.5, 0.6) is 5.75 Å². The molecule has 1 aliphatic rings. The van der Waals surface area contributed by atoms with Crippen molar-refractivity contribution in [2.24, 2.45) is 5.73 Å². The number of amidine groups is 1. The lowest BCUT2D eigenvalue weighted by molar-refractivity contribution is 0.00578. The van der Waals surface area contributed by atoms with E-state index >= 15 is 0 Å². The van der Waals surface area contributed by atoms with E-state index in [1.807, 2.05) is 27.7 Å². The lowest BCUT2D eigenvalue weighted by atomic mass is 9.77. The molecule has 0 unspecified atom stereocenters. The first kappa shape index (κ1) is 13.9. The summed E-state index contributed by atoms with van der Waals surface area (Å²) in [6.45, 7) is 7.77. The number of hydrogen-bond acceptors (Lipinski definition) is 4. The van der Waals surface area contributed by atoms with E-state index in [-0.39, 0.29) is 17.1 Å².